The third-order valence-electron chi connectivity index (χ3n) is 2.30. The molecule has 0 aromatic carbocycles. The molecule has 1 N–H and O–H groups in total. The van der Waals surface area contributed by atoms with Crippen LogP contribution in [0.5, 0.6) is 0 Å². The van der Waals surface area contributed by atoms with E-state index in [1.165, 1.54) is 11.5 Å². The summed E-state index contributed by atoms with van der Waals surface area (Å²) in [5.41, 5.74) is 1.08. The predicted octanol–water partition coefficient (Wildman–Crippen LogP) is 2.38. The van der Waals surface area contributed by atoms with Gasteiger partial charge in [-0.3, -0.25) is 4.98 Å². The zero-order valence-electron chi connectivity index (χ0n) is 10.3. The Kier molecular flexibility index (Phi) is 5.57. The van der Waals surface area contributed by atoms with Gasteiger partial charge in [-0.2, -0.15) is 4.37 Å². The zero-order chi connectivity index (χ0) is 12.6. The Balaban J connectivity index is 1.61. The molecule has 0 radical (unpaired) electrons. The number of aryl methyl sites for hydroxylation is 1. The summed E-state index contributed by atoms with van der Waals surface area (Å²) in [6.45, 7) is 3.84. The van der Waals surface area contributed by atoms with Gasteiger partial charge in [0, 0.05) is 31.5 Å². The van der Waals surface area contributed by atoms with Gasteiger partial charge >= 0.3 is 0 Å². The molecule has 0 aliphatic carbocycles. The highest BCUT2D eigenvalue weighted by molar-refractivity contribution is 8.00. The van der Waals surface area contributed by atoms with Crippen molar-refractivity contribution in [3.63, 3.8) is 0 Å². The standard InChI is InChI=1S/C12H16N4S2/c1-2-11-15-12(18-16-11)17-8-7-13-9-10-5-3-4-6-14-10/h3-6,13H,2,7-9H2,1H3. The van der Waals surface area contributed by atoms with Crippen LogP contribution in [0.15, 0.2) is 28.7 Å². The molecule has 0 fully saturated rings. The molecule has 0 saturated carbocycles. The van der Waals surface area contributed by atoms with Gasteiger partial charge in [0.15, 0.2) is 4.34 Å². The summed E-state index contributed by atoms with van der Waals surface area (Å²) in [5.74, 6) is 1.95. The van der Waals surface area contributed by atoms with Crippen LogP contribution >= 0.6 is 23.3 Å². The molecule has 0 spiro atoms. The summed E-state index contributed by atoms with van der Waals surface area (Å²) in [5, 5.41) is 3.37. The number of aromatic nitrogens is 3. The van der Waals surface area contributed by atoms with Crippen LogP contribution in [0.3, 0.4) is 0 Å². The Labute approximate surface area is 115 Å². The average Bonchev–Trinajstić information content (AvgIpc) is 2.87. The first-order valence-electron chi connectivity index (χ1n) is 5.94. The number of nitrogens with one attached hydrogen (secondary N) is 1. The molecule has 18 heavy (non-hydrogen) atoms. The Morgan fingerprint density at radius 2 is 2.33 bits per heavy atom. The largest absolute Gasteiger partial charge is 0.310 e. The van der Waals surface area contributed by atoms with Crippen molar-refractivity contribution in [2.24, 2.45) is 0 Å². The minimum atomic E-state index is 0.817. The summed E-state index contributed by atoms with van der Waals surface area (Å²) < 4.78 is 5.32. The lowest BCUT2D eigenvalue weighted by Gasteiger charge is -2.02. The first-order chi connectivity index (χ1) is 8.88. The molecular weight excluding hydrogens is 264 g/mol. The summed E-state index contributed by atoms with van der Waals surface area (Å²) in [6.07, 6.45) is 2.73. The molecule has 0 atom stereocenters. The highest BCUT2D eigenvalue weighted by Crippen LogP contribution is 2.19. The number of pyridine rings is 1. The van der Waals surface area contributed by atoms with Gasteiger partial charge in [0.25, 0.3) is 0 Å². The number of hydrogen-bond donors (Lipinski definition) is 1. The average molecular weight is 280 g/mol. The van der Waals surface area contributed by atoms with E-state index in [-0.39, 0.29) is 0 Å². The van der Waals surface area contributed by atoms with Crippen LogP contribution in [0, 0.1) is 0 Å². The molecule has 96 valence electrons. The fraction of sp³-hybridized carbons (Fsp3) is 0.417. The topological polar surface area (TPSA) is 50.7 Å². The van der Waals surface area contributed by atoms with E-state index in [1.807, 2.05) is 24.4 Å². The molecule has 0 unspecified atom stereocenters. The maximum Gasteiger partial charge on any atom is 0.170 e. The van der Waals surface area contributed by atoms with Crippen molar-refractivity contribution in [2.45, 2.75) is 24.2 Å². The quantitative estimate of drug-likeness (QED) is 0.623. The summed E-state index contributed by atoms with van der Waals surface area (Å²) >= 11 is 3.24. The molecule has 2 aromatic heterocycles. The fourth-order valence-electron chi connectivity index (χ4n) is 1.37. The van der Waals surface area contributed by atoms with E-state index in [4.69, 9.17) is 0 Å². The van der Waals surface area contributed by atoms with Crippen molar-refractivity contribution in [3.8, 4) is 0 Å². The van der Waals surface area contributed by atoms with Crippen LogP contribution in [0.25, 0.3) is 0 Å². The van der Waals surface area contributed by atoms with E-state index in [0.29, 0.717) is 0 Å². The lowest BCUT2D eigenvalue weighted by atomic mass is 10.3. The monoisotopic (exact) mass is 280 g/mol. The molecule has 2 aromatic rings. The minimum absolute atomic E-state index is 0.817. The second-order valence-corrected chi connectivity index (χ2v) is 5.77. The second kappa shape index (κ2) is 7.45. The van der Waals surface area contributed by atoms with Gasteiger partial charge in [-0.1, -0.05) is 24.8 Å². The van der Waals surface area contributed by atoms with Crippen molar-refractivity contribution in [3.05, 3.63) is 35.9 Å². The van der Waals surface area contributed by atoms with Crippen molar-refractivity contribution in [1.29, 1.82) is 0 Å². The number of rotatable bonds is 7. The smallest absolute Gasteiger partial charge is 0.170 e. The van der Waals surface area contributed by atoms with E-state index in [1.54, 1.807) is 11.8 Å². The molecule has 2 rings (SSSR count). The minimum Gasteiger partial charge on any atom is -0.310 e. The Bertz CT molecular complexity index is 458. The molecule has 4 nitrogen and oxygen atoms in total. The fourth-order valence-corrected chi connectivity index (χ4v) is 3.03. The van der Waals surface area contributed by atoms with Crippen LogP contribution in [0.4, 0.5) is 0 Å². The van der Waals surface area contributed by atoms with E-state index < -0.39 is 0 Å². The molecule has 6 heteroatoms. The molecule has 0 saturated heterocycles. The zero-order valence-corrected chi connectivity index (χ0v) is 11.9. The highest BCUT2D eigenvalue weighted by atomic mass is 32.2. The maximum atomic E-state index is 4.41. The van der Waals surface area contributed by atoms with Crippen molar-refractivity contribution >= 4 is 23.3 Å². The first kappa shape index (κ1) is 13.5. The van der Waals surface area contributed by atoms with Gasteiger partial charge < -0.3 is 5.32 Å². The van der Waals surface area contributed by atoms with Crippen LogP contribution in [0.1, 0.15) is 18.4 Å². The molecule has 2 heterocycles. The summed E-state index contributed by atoms with van der Waals surface area (Å²) in [4.78, 5) is 8.67. The molecule has 0 amide bonds. The van der Waals surface area contributed by atoms with E-state index >= 15 is 0 Å². The van der Waals surface area contributed by atoms with Gasteiger partial charge in [0.05, 0.1) is 5.69 Å². The Morgan fingerprint density at radius 3 is 3.06 bits per heavy atom. The van der Waals surface area contributed by atoms with Crippen LogP contribution < -0.4 is 5.32 Å². The lowest BCUT2D eigenvalue weighted by molar-refractivity contribution is 0.715. The van der Waals surface area contributed by atoms with Gasteiger partial charge in [-0.15, -0.1) is 0 Å². The van der Waals surface area contributed by atoms with Gasteiger partial charge in [0.1, 0.15) is 5.82 Å². The first-order valence-corrected chi connectivity index (χ1v) is 7.70. The maximum absolute atomic E-state index is 4.41. The number of thioether (sulfide) groups is 1. The Morgan fingerprint density at radius 1 is 1.39 bits per heavy atom. The number of nitrogens with zero attached hydrogens (tertiary/aromatic N) is 3. The van der Waals surface area contributed by atoms with Gasteiger partial charge in [0.2, 0.25) is 0 Å². The third-order valence-corrected chi connectivity index (χ3v) is 4.18. The van der Waals surface area contributed by atoms with Crippen molar-refractivity contribution < 1.29 is 0 Å². The van der Waals surface area contributed by atoms with E-state index in [2.05, 4.69) is 26.6 Å². The van der Waals surface area contributed by atoms with Crippen LogP contribution in [-0.4, -0.2) is 26.6 Å². The second-order valence-electron chi connectivity index (χ2n) is 3.68. The van der Waals surface area contributed by atoms with Gasteiger partial charge in [-0.25, -0.2) is 4.98 Å². The SMILES string of the molecule is CCc1nsc(SCCNCc2ccccn2)n1. The predicted molar refractivity (Wildman–Crippen MR) is 76.0 cm³/mol. The van der Waals surface area contributed by atoms with E-state index in [0.717, 1.165) is 41.1 Å². The van der Waals surface area contributed by atoms with Crippen molar-refractivity contribution in [2.75, 3.05) is 12.3 Å². The summed E-state index contributed by atoms with van der Waals surface area (Å²) in [7, 11) is 0. The molecular formula is C12H16N4S2. The van der Waals surface area contributed by atoms with Crippen LogP contribution in [-0.2, 0) is 13.0 Å². The molecule has 0 aliphatic heterocycles. The highest BCUT2D eigenvalue weighted by Gasteiger charge is 2.02. The van der Waals surface area contributed by atoms with E-state index in [9.17, 15) is 0 Å². The lowest BCUT2D eigenvalue weighted by Crippen LogP contribution is -2.17. The Hall–Kier alpha value is -0.980. The number of hydrogen-bond acceptors (Lipinski definition) is 6. The molecule has 0 aliphatic rings. The molecule has 0 bridgehead atoms. The summed E-state index contributed by atoms with van der Waals surface area (Å²) in [6, 6.07) is 5.96. The third kappa shape index (κ3) is 4.36. The van der Waals surface area contributed by atoms with Gasteiger partial charge in [-0.05, 0) is 23.7 Å². The van der Waals surface area contributed by atoms with Crippen LogP contribution in [0.2, 0.25) is 0 Å². The van der Waals surface area contributed by atoms with Crippen molar-refractivity contribution in [1.82, 2.24) is 19.7 Å². The normalized spacial score (nSPS) is 10.7.